The number of amides is 1. The maximum atomic E-state index is 11.7. The van der Waals surface area contributed by atoms with Gasteiger partial charge in [0.2, 0.25) is 0 Å². The molecule has 1 heterocycles. The van der Waals surface area contributed by atoms with Gasteiger partial charge in [0.05, 0.1) is 20.3 Å². The van der Waals surface area contributed by atoms with Crippen LogP contribution in [0.5, 0.6) is 0 Å². The van der Waals surface area contributed by atoms with Crippen LogP contribution in [0.15, 0.2) is 15.9 Å². The fourth-order valence-corrected chi connectivity index (χ4v) is 2.18. The molecule has 5 heteroatoms. The largest absolute Gasteiger partial charge is 0.391 e. The summed E-state index contributed by atoms with van der Waals surface area (Å²) in [6, 6.07) is 3.58. The average molecular weight is 292 g/mol. The molecule has 2 N–H and O–H groups in total. The fourth-order valence-electron chi connectivity index (χ4n) is 0.895. The van der Waals surface area contributed by atoms with Crippen molar-refractivity contribution < 1.29 is 9.90 Å². The standard InChI is InChI=1S/C10H14BrNO2S/c1-6(13)10(2,3)12-9(14)7-4-5-8(11)15-7/h4-6,13H,1-3H3,(H,12,14). The number of aliphatic hydroxyl groups is 1. The number of halogens is 1. The number of carbonyl (C=O) groups excluding carboxylic acids is 1. The second-order valence-electron chi connectivity index (χ2n) is 3.96. The molecule has 1 unspecified atom stereocenters. The van der Waals surface area contributed by atoms with Gasteiger partial charge in [-0.3, -0.25) is 4.79 Å². The first-order chi connectivity index (χ1) is 6.83. The summed E-state index contributed by atoms with van der Waals surface area (Å²) in [5.41, 5.74) is -0.618. The number of hydrogen-bond acceptors (Lipinski definition) is 3. The molecule has 0 aliphatic rings. The van der Waals surface area contributed by atoms with Gasteiger partial charge in [-0.15, -0.1) is 11.3 Å². The Bertz CT molecular complexity index is 360. The molecular weight excluding hydrogens is 278 g/mol. The number of aliphatic hydroxyl groups excluding tert-OH is 1. The maximum Gasteiger partial charge on any atom is 0.261 e. The van der Waals surface area contributed by atoms with Crippen molar-refractivity contribution >= 4 is 33.2 Å². The summed E-state index contributed by atoms with van der Waals surface area (Å²) in [4.78, 5) is 12.4. The number of hydrogen-bond donors (Lipinski definition) is 2. The molecule has 15 heavy (non-hydrogen) atoms. The molecule has 0 saturated carbocycles. The zero-order valence-corrected chi connectivity index (χ0v) is 11.3. The average Bonchev–Trinajstić information content (AvgIpc) is 2.50. The molecule has 1 rings (SSSR count). The van der Waals surface area contributed by atoms with Crippen molar-refractivity contribution in [2.24, 2.45) is 0 Å². The molecule has 1 aromatic heterocycles. The van der Waals surface area contributed by atoms with E-state index in [0.29, 0.717) is 4.88 Å². The van der Waals surface area contributed by atoms with Gasteiger partial charge >= 0.3 is 0 Å². The lowest BCUT2D eigenvalue weighted by atomic mass is 9.99. The normalized spacial score (nSPS) is 13.7. The van der Waals surface area contributed by atoms with E-state index in [1.807, 2.05) is 6.07 Å². The molecule has 84 valence electrons. The van der Waals surface area contributed by atoms with Crippen LogP contribution in [0.3, 0.4) is 0 Å². The second-order valence-corrected chi connectivity index (χ2v) is 6.42. The lowest BCUT2D eigenvalue weighted by Gasteiger charge is -2.29. The highest BCUT2D eigenvalue weighted by Gasteiger charge is 2.26. The van der Waals surface area contributed by atoms with Gasteiger partial charge in [0.15, 0.2) is 0 Å². The fraction of sp³-hybridized carbons (Fsp3) is 0.500. The van der Waals surface area contributed by atoms with Crippen LogP contribution in [0.4, 0.5) is 0 Å². The van der Waals surface area contributed by atoms with Gasteiger partial charge in [0, 0.05) is 0 Å². The molecular formula is C10H14BrNO2S. The van der Waals surface area contributed by atoms with Gasteiger partial charge in [-0.1, -0.05) is 0 Å². The van der Waals surface area contributed by atoms with E-state index >= 15 is 0 Å². The molecule has 0 bridgehead atoms. The lowest BCUT2D eigenvalue weighted by Crippen LogP contribution is -2.50. The molecule has 0 saturated heterocycles. The van der Waals surface area contributed by atoms with Crippen LogP contribution < -0.4 is 5.32 Å². The third-order valence-electron chi connectivity index (χ3n) is 2.28. The smallest absolute Gasteiger partial charge is 0.261 e. The molecule has 0 aromatic carbocycles. The molecule has 1 atom stereocenters. The van der Waals surface area contributed by atoms with E-state index in [1.54, 1.807) is 26.8 Å². The lowest BCUT2D eigenvalue weighted by molar-refractivity contribution is 0.0712. The van der Waals surface area contributed by atoms with Crippen molar-refractivity contribution in [2.45, 2.75) is 32.4 Å². The van der Waals surface area contributed by atoms with Crippen molar-refractivity contribution in [3.8, 4) is 0 Å². The Morgan fingerprint density at radius 2 is 2.20 bits per heavy atom. The summed E-state index contributed by atoms with van der Waals surface area (Å²) in [5, 5.41) is 12.2. The zero-order chi connectivity index (χ0) is 11.6. The van der Waals surface area contributed by atoms with E-state index in [9.17, 15) is 9.90 Å². The van der Waals surface area contributed by atoms with Crippen LogP contribution in [0.2, 0.25) is 0 Å². The van der Waals surface area contributed by atoms with Gasteiger partial charge in [-0.2, -0.15) is 0 Å². The summed E-state index contributed by atoms with van der Waals surface area (Å²) in [6.45, 7) is 5.24. The van der Waals surface area contributed by atoms with E-state index in [-0.39, 0.29) is 5.91 Å². The maximum absolute atomic E-state index is 11.7. The third-order valence-corrected chi connectivity index (χ3v) is 3.90. The monoisotopic (exact) mass is 291 g/mol. The SMILES string of the molecule is CC(O)C(C)(C)NC(=O)c1ccc(Br)s1. The minimum atomic E-state index is -0.618. The highest BCUT2D eigenvalue weighted by Crippen LogP contribution is 2.22. The first-order valence-electron chi connectivity index (χ1n) is 4.59. The van der Waals surface area contributed by atoms with E-state index in [0.717, 1.165) is 3.79 Å². The summed E-state index contributed by atoms with van der Waals surface area (Å²) in [7, 11) is 0. The molecule has 1 amide bonds. The highest BCUT2D eigenvalue weighted by molar-refractivity contribution is 9.11. The molecule has 0 radical (unpaired) electrons. The van der Waals surface area contributed by atoms with Crippen LogP contribution in [-0.2, 0) is 0 Å². The van der Waals surface area contributed by atoms with E-state index in [2.05, 4.69) is 21.2 Å². The quantitative estimate of drug-likeness (QED) is 0.898. The zero-order valence-electron chi connectivity index (χ0n) is 8.87. The Kier molecular flexibility index (Phi) is 3.92. The van der Waals surface area contributed by atoms with Crippen molar-refractivity contribution in [1.29, 1.82) is 0 Å². The number of thiophene rings is 1. The molecule has 0 fully saturated rings. The summed E-state index contributed by atoms with van der Waals surface area (Å²) in [5.74, 6) is -0.156. The minimum absolute atomic E-state index is 0.156. The Hall–Kier alpha value is -0.390. The van der Waals surface area contributed by atoms with Crippen LogP contribution in [0.25, 0.3) is 0 Å². The summed E-state index contributed by atoms with van der Waals surface area (Å²) in [6.07, 6.45) is -0.593. The first kappa shape index (κ1) is 12.7. The van der Waals surface area contributed by atoms with Gasteiger partial charge in [0.25, 0.3) is 5.91 Å². The van der Waals surface area contributed by atoms with Crippen LogP contribution in [0, 0.1) is 0 Å². The van der Waals surface area contributed by atoms with Gasteiger partial charge in [0.1, 0.15) is 0 Å². The van der Waals surface area contributed by atoms with Crippen LogP contribution >= 0.6 is 27.3 Å². The number of nitrogens with one attached hydrogen (secondary N) is 1. The van der Waals surface area contributed by atoms with Crippen molar-refractivity contribution in [2.75, 3.05) is 0 Å². The van der Waals surface area contributed by atoms with E-state index < -0.39 is 11.6 Å². The molecule has 3 nitrogen and oxygen atoms in total. The Morgan fingerprint density at radius 3 is 2.60 bits per heavy atom. The van der Waals surface area contributed by atoms with Gasteiger partial charge in [-0.25, -0.2) is 0 Å². The molecule has 0 aliphatic carbocycles. The Balaban J connectivity index is 2.72. The predicted molar refractivity (Wildman–Crippen MR) is 65.2 cm³/mol. The van der Waals surface area contributed by atoms with Crippen LogP contribution in [-0.4, -0.2) is 22.7 Å². The Labute approximate surface area is 102 Å². The summed E-state index contributed by atoms with van der Waals surface area (Å²) >= 11 is 4.67. The van der Waals surface area contributed by atoms with Crippen molar-refractivity contribution in [3.63, 3.8) is 0 Å². The van der Waals surface area contributed by atoms with Gasteiger partial charge in [-0.05, 0) is 48.8 Å². The third kappa shape index (κ3) is 3.29. The Morgan fingerprint density at radius 1 is 1.60 bits per heavy atom. The molecule has 0 aliphatic heterocycles. The van der Waals surface area contributed by atoms with Crippen LogP contribution in [0.1, 0.15) is 30.4 Å². The van der Waals surface area contributed by atoms with E-state index in [4.69, 9.17) is 0 Å². The van der Waals surface area contributed by atoms with Crippen molar-refractivity contribution in [1.82, 2.24) is 5.32 Å². The number of rotatable bonds is 3. The first-order valence-corrected chi connectivity index (χ1v) is 6.20. The predicted octanol–water partition coefficient (Wildman–Crippen LogP) is 2.40. The molecule has 0 spiro atoms. The van der Waals surface area contributed by atoms with E-state index in [1.165, 1.54) is 11.3 Å². The summed E-state index contributed by atoms with van der Waals surface area (Å²) < 4.78 is 0.919. The topological polar surface area (TPSA) is 49.3 Å². The van der Waals surface area contributed by atoms with Gasteiger partial charge < -0.3 is 10.4 Å². The minimum Gasteiger partial charge on any atom is -0.391 e. The second kappa shape index (κ2) is 4.63. The molecule has 1 aromatic rings. The van der Waals surface area contributed by atoms with Crippen molar-refractivity contribution in [3.05, 3.63) is 20.8 Å². The highest BCUT2D eigenvalue weighted by atomic mass is 79.9. The number of carbonyl (C=O) groups is 1.